The molecule has 0 unspecified atom stereocenters. The van der Waals surface area contributed by atoms with Gasteiger partial charge >= 0.3 is 0 Å². The van der Waals surface area contributed by atoms with Gasteiger partial charge in [-0.1, -0.05) is 13.3 Å². The Kier molecular flexibility index (Phi) is 13.6. The minimum absolute atomic E-state index is 0.0110. The van der Waals surface area contributed by atoms with Crippen LogP contribution in [0.3, 0.4) is 0 Å². The molecule has 0 aliphatic carbocycles. The molecule has 0 aromatic rings. The Bertz CT molecular complexity index is 427. The van der Waals surface area contributed by atoms with E-state index in [9.17, 15) is 14.4 Å². The quantitative estimate of drug-likeness (QED) is 0.368. The van der Waals surface area contributed by atoms with Crippen molar-refractivity contribution < 1.29 is 14.4 Å². The summed E-state index contributed by atoms with van der Waals surface area (Å²) in [5, 5.41) is 8.55. The maximum atomic E-state index is 12.3. The summed E-state index contributed by atoms with van der Waals surface area (Å²) in [6, 6.07) is -0.531. The van der Waals surface area contributed by atoms with Crippen molar-refractivity contribution in [1.29, 1.82) is 0 Å². The van der Waals surface area contributed by atoms with Crippen LogP contribution in [0, 0.1) is 0 Å². The third kappa shape index (κ3) is 13.6. The fraction of sp³-hybridized carbons (Fsp3) is 0.833. The topological polar surface area (TPSA) is 93.8 Å². The van der Waals surface area contributed by atoms with E-state index in [0.29, 0.717) is 26.1 Å². The smallest absolute Gasteiger partial charge is 0.242 e. The van der Waals surface area contributed by atoms with Crippen LogP contribution in [-0.2, 0) is 14.4 Å². The molecule has 3 N–H and O–H groups in total. The van der Waals surface area contributed by atoms with Crippen molar-refractivity contribution in [2.24, 2.45) is 0 Å². The first-order valence-electron chi connectivity index (χ1n) is 9.39. The van der Waals surface area contributed by atoms with Gasteiger partial charge in [-0.05, 0) is 53.9 Å². The van der Waals surface area contributed by atoms with Gasteiger partial charge in [-0.15, -0.1) is 0 Å². The summed E-state index contributed by atoms with van der Waals surface area (Å²) in [6.07, 6.45) is 3.99. The number of nitrogens with one attached hydrogen (secondary N) is 3. The van der Waals surface area contributed by atoms with Crippen LogP contribution in [0.15, 0.2) is 0 Å². The van der Waals surface area contributed by atoms with E-state index in [1.54, 1.807) is 4.90 Å². The Morgan fingerprint density at radius 2 is 1.38 bits per heavy atom. The second kappa shape index (κ2) is 14.5. The van der Waals surface area contributed by atoms with Gasteiger partial charge < -0.3 is 25.8 Å². The second-order valence-electron chi connectivity index (χ2n) is 7.09. The second-order valence-corrected chi connectivity index (χ2v) is 7.09. The van der Waals surface area contributed by atoms with Crippen LogP contribution in [-0.4, -0.2) is 87.9 Å². The van der Waals surface area contributed by atoms with Gasteiger partial charge in [-0.25, -0.2) is 0 Å². The zero-order valence-corrected chi connectivity index (χ0v) is 17.1. The molecule has 8 heteroatoms. The number of likely N-dealkylation sites (N-methyl/N-ethyl adjacent to an activating group) is 2. The summed E-state index contributed by atoms with van der Waals surface area (Å²) in [4.78, 5) is 39.5. The van der Waals surface area contributed by atoms with Gasteiger partial charge in [0.1, 0.15) is 6.04 Å². The summed E-state index contributed by atoms with van der Waals surface area (Å²) in [6.45, 7) is 3.87. The zero-order chi connectivity index (χ0) is 19.9. The average molecular weight is 372 g/mol. The fourth-order valence-electron chi connectivity index (χ4n) is 2.35. The van der Waals surface area contributed by atoms with Crippen molar-refractivity contribution >= 4 is 17.7 Å². The van der Waals surface area contributed by atoms with E-state index >= 15 is 0 Å². The van der Waals surface area contributed by atoms with Crippen LogP contribution in [0.1, 0.15) is 39.0 Å². The van der Waals surface area contributed by atoms with Crippen LogP contribution in [0.25, 0.3) is 0 Å². The zero-order valence-electron chi connectivity index (χ0n) is 17.1. The highest BCUT2D eigenvalue weighted by Crippen LogP contribution is 2.02. The van der Waals surface area contributed by atoms with Crippen LogP contribution in [0.5, 0.6) is 0 Å². The molecule has 0 aromatic heterocycles. The molecule has 0 heterocycles. The lowest BCUT2D eigenvalue weighted by Gasteiger charge is -2.20. The summed E-state index contributed by atoms with van der Waals surface area (Å²) in [5.74, 6) is -0.310. The van der Waals surface area contributed by atoms with Crippen LogP contribution in [0.2, 0.25) is 0 Å². The minimum atomic E-state index is -0.531. The first-order chi connectivity index (χ1) is 12.3. The van der Waals surface area contributed by atoms with Gasteiger partial charge in [0.25, 0.3) is 0 Å². The molecule has 0 radical (unpaired) electrons. The minimum Gasteiger partial charge on any atom is -0.355 e. The number of rotatable bonds is 14. The predicted octanol–water partition coefficient (Wildman–Crippen LogP) is -0.203. The number of unbranched alkanes of at least 4 members (excludes halogenated alkanes) is 2. The van der Waals surface area contributed by atoms with Crippen molar-refractivity contribution in [2.45, 2.75) is 45.1 Å². The first-order valence-corrected chi connectivity index (χ1v) is 9.39. The van der Waals surface area contributed by atoms with E-state index in [1.807, 2.05) is 33.1 Å². The van der Waals surface area contributed by atoms with Gasteiger partial charge in [0.2, 0.25) is 17.7 Å². The van der Waals surface area contributed by atoms with Crippen molar-refractivity contribution in [1.82, 2.24) is 25.8 Å². The van der Waals surface area contributed by atoms with Crippen molar-refractivity contribution in [3.8, 4) is 0 Å². The van der Waals surface area contributed by atoms with Gasteiger partial charge in [-0.3, -0.25) is 14.4 Å². The number of nitrogens with zero attached hydrogens (tertiary/aromatic N) is 2. The van der Waals surface area contributed by atoms with E-state index in [-0.39, 0.29) is 24.3 Å². The first kappa shape index (κ1) is 24.3. The lowest BCUT2D eigenvalue weighted by Crippen LogP contribution is -2.49. The molecule has 3 amide bonds. The van der Waals surface area contributed by atoms with Crippen molar-refractivity contribution in [3.05, 3.63) is 0 Å². The predicted molar refractivity (Wildman–Crippen MR) is 104 cm³/mol. The normalized spacial score (nSPS) is 12.1. The van der Waals surface area contributed by atoms with E-state index in [1.165, 1.54) is 0 Å². The molecule has 0 aromatic carbocycles. The molecule has 0 bridgehead atoms. The van der Waals surface area contributed by atoms with Crippen LogP contribution >= 0.6 is 0 Å². The number of hydrogen-bond donors (Lipinski definition) is 3. The Balaban J connectivity index is 4.31. The molecule has 0 rings (SSSR count). The number of carbonyl (C=O) groups excluding carboxylic acids is 3. The lowest BCUT2D eigenvalue weighted by molar-refractivity contribution is -0.129. The maximum absolute atomic E-state index is 12.3. The van der Waals surface area contributed by atoms with E-state index in [0.717, 1.165) is 25.7 Å². The largest absolute Gasteiger partial charge is 0.355 e. The van der Waals surface area contributed by atoms with Crippen LogP contribution < -0.4 is 16.0 Å². The number of amides is 3. The molecular weight excluding hydrogens is 334 g/mol. The molecule has 26 heavy (non-hydrogen) atoms. The standard InChI is InChI=1S/C18H37N5O3/c1-6-7-11-20-18(26)15(21-17(25)14-23(4)5)10-8-9-12-19-16(24)13-22(2)3/h15H,6-14H2,1-5H3,(H,19,24)(H,20,26)(H,21,25)/t15-/m0/s1. The van der Waals surface area contributed by atoms with Crippen molar-refractivity contribution in [2.75, 3.05) is 54.4 Å². The Hall–Kier alpha value is -1.67. The molecule has 0 saturated heterocycles. The maximum Gasteiger partial charge on any atom is 0.242 e. The fourth-order valence-corrected chi connectivity index (χ4v) is 2.35. The molecule has 0 aliphatic heterocycles. The molecule has 8 nitrogen and oxygen atoms in total. The van der Waals surface area contributed by atoms with Crippen molar-refractivity contribution in [3.63, 3.8) is 0 Å². The van der Waals surface area contributed by atoms with E-state index in [4.69, 9.17) is 0 Å². The monoisotopic (exact) mass is 371 g/mol. The molecule has 152 valence electrons. The molecule has 0 saturated carbocycles. The summed E-state index contributed by atoms with van der Waals surface area (Å²) in [7, 11) is 7.31. The summed E-state index contributed by atoms with van der Waals surface area (Å²) < 4.78 is 0. The molecule has 0 spiro atoms. The average Bonchev–Trinajstić information content (AvgIpc) is 2.52. The third-order valence-corrected chi connectivity index (χ3v) is 3.64. The molecular formula is C18H37N5O3. The molecule has 0 fully saturated rings. The molecule has 1 atom stereocenters. The third-order valence-electron chi connectivity index (χ3n) is 3.64. The van der Waals surface area contributed by atoms with Gasteiger partial charge in [0.05, 0.1) is 13.1 Å². The highest BCUT2D eigenvalue weighted by atomic mass is 16.2. The number of carbonyl (C=O) groups is 3. The van der Waals surface area contributed by atoms with E-state index < -0.39 is 6.04 Å². The molecule has 0 aliphatic rings. The summed E-state index contributed by atoms with van der Waals surface area (Å²) in [5.41, 5.74) is 0. The summed E-state index contributed by atoms with van der Waals surface area (Å²) >= 11 is 0. The highest BCUT2D eigenvalue weighted by Gasteiger charge is 2.20. The SMILES string of the molecule is CCCCNC(=O)[C@H](CCCCNC(=O)CN(C)C)NC(=O)CN(C)C. The Morgan fingerprint density at radius 1 is 0.808 bits per heavy atom. The van der Waals surface area contributed by atoms with Gasteiger partial charge in [0.15, 0.2) is 0 Å². The van der Waals surface area contributed by atoms with Crippen LogP contribution in [0.4, 0.5) is 0 Å². The van der Waals surface area contributed by atoms with Gasteiger partial charge in [0, 0.05) is 13.1 Å². The van der Waals surface area contributed by atoms with E-state index in [2.05, 4.69) is 22.9 Å². The van der Waals surface area contributed by atoms with Gasteiger partial charge in [-0.2, -0.15) is 0 Å². The lowest BCUT2D eigenvalue weighted by atomic mass is 10.1. The Morgan fingerprint density at radius 3 is 1.96 bits per heavy atom. The number of hydrogen-bond acceptors (Lipinski definition) is 5. The highest BCUT2D eigenvalue weighted by molar-refractivity contribution is 5.88. The Labute approximate surface area is 158 Å².